The van der Waals surface area contributed by atoms with Gasteiger partial charge in [0.2, 0.25) is 5.55 Å². The van der Waals surface area contributed by atoms with E-state index in [9.17, 15) is 0 Å². The summed E-state index contributed by atoms with van der Waals surface area (Å²) >= 11 is 6.07. The second kappa shape index (κ2) is 7.51. The molecule has 0 fully saturated rings. The summed E-state index contributed by atoms with van der Waals surface area (Å²) in [5.41, 5.74) is 2.92. The zero-order chi connectivity index (χ0) is 16.9. The van der Waals surface area contributed by atoms with Gasteiger partial charge in [-0.3, -0.25) is 0 Å². The molecule has 5 heteroatoms. The van der Waals surface area contributed by atoms with E-state index >= 15 is 0 Å². The zero-order valence-corrected chi connectivity index (χ0v) is 14.3. The van der Waals surface area contributed by atoms with Crippen molar-refractivity contribution in [2.45, 2.75) is 13.5 Å². The first-order chi connectivity index (χ1) is 11.7. The average Bonchev–Trinajstić information content (AvgIpc) is 2.60. The first kappa shape index (κ1) is 16.6. The van der Waals surface area contributed by atoms with Crippen LogP contribution in [0.3, 0.4) is 0 Å². The summed E-state index contributed by atoms with van der Waals surface area (Å²) in [5.74, 6) is 0.786. The Kier molecular flexibility index (Phi) is 5.18. The maximum Gasteiger partial charge on any atom is 0.225 e. The Morgan fingerprint density at radius 1 is 1.08 bits per heavy atom. The van der Waals surface area contributed by atoms with Gasteiger partial charge in [0.05, 0.1) is 19.4 Å². The predicted octanol–water partition coefficient (Wildman–Crippen LogP) is 4.86. The summed E-state index contributed by atoms with van der Waals surface area (Å²) in [5, 5.41) is 1.59. The van der Waals surface area contributed by atoms with Gasteiger partial charge < -0.3 is 13.9 Å². The molecule has 1 aromatic heterocycles. The van der Waals surface area contributed by atoms with Gasteiger partial charge in [-0.05, 0) is 55.5 Å². The lowest BCUT2D eigenvalue weighted by atomic mass is 10.2. The zero-order valence-electron chi connectivity index (χ0n) is 13.6. The summed E-state index contributed by atoms with van der Waals surface area (Å²) < 4.78 is 16.7. The molecule has 0 N–H and O–H groups in total. The summed E-state index contributed by atoms with van der Waals surface area (Å²) in [4.78, 5) is 4.61. The van der Waals surface area contributed by atoms with Crippen LogP contribution in [0.5, 0.6) is 5.75 Å². The molecular formula is C19H18ClNO3. The number of hydrogen-bond acceptors (Lipinski definition) is 4. The van der Waals surface area contributed by atoms with Crippen molar-refractivity contribution in [2.24, 2.45) is 4.99 Å². The van der Waals surface area contributed by atoms with Crippen molar-refractivity contribution >= 4 is 28.3 Å². The molecule has 0 aliphatic rings. The van der Waals surface area contributed by atoms with E-state index < -0.39 is 0 Å². The van der Waals surface area contributed by atoms with Crippen LogP contribution in [0.1, 0.15) is 12.5 Å². The van der Waals surface area contributed by atoms with Crippen molar-refractivity contribution in [3.63, 3.8) is 0 Å². The van der Waals surface area contributed by atoms with Gasteiger partial charge in [0.15, 0.2) is 0 Å². The minimum atomic E-state index is 0.428. The first-order valence-corrected chi connectivity index (χ1v) is 8.06. The highest BCUT2D eigenvalue weighted by atomic mass is 35.5. The fourth-order valence-electron chi connectivity index (χ4n) is 2.33. The van der Waals surface area contributed by atoms with Crippen molar-refractivity contribution in [3.05, 3.63) is 64.7 Å². The molecule has 0 atom stereocenters. The van der Waals surface area contributed by atoms with Crippen LogP contribution < -0.4 is 10.3 Å². The molecule has 0 radical (unpaired) electrons. The smallest absolute Gasteiger partial charge is 0.225 e. The third-order valence-corrected chi connectivity index (χ3v) is 3.78. The van der Waals surface area contributed by atoms with Crippen LogP contribution in [-0.4, -0.2) is 13.7 Å². The average molecular weight is 344 g/mol. The third kappa shape index (κ3) is 3.78. The van der Waals surface area contributed by atoms with Crippen molar-refractivity contribution in [1.29, 1.82) is 0 Å². The molecule has 0 unspecified atom stereocenters. The van der Waals surface area contributed by atoms with E-state index in [1.807, 2.05) is 49.4 Å². The van der Waals surface area contributed by atoms with Gasteiger partial charge in [-0.2, -0.15) is 0 Å². The van der Waals surface area contributed by atoms with E-state index in [1.54, 1.807) is 13.2 Å². The van der Waals surface area contributed by atoms with Gasteiger partial charge in [0, 0.05) is 22.6 Å². The lowest BCUT2D eigenvalue weighted by Crippen LogP contribution is -2.10. The van der Waals surface area contributed by atoms with E-state index in [2.05, 4.69) is 4.99 Å². The standard InChI is InChI=1S/C19H18ClNO3/c1-3-23-12-14-10-13-11-15(20)4-9-18(13)24-19(14)21-16-5-7-17(22-2)8-6-16/h4-11H,3,12H2,1-2H3. The van der Waals surface area contributed by atoms with Gasteiger partial charge in [0.25, 0.3) is 0 Å². The number of nitrogens with zero attached hydrogens (tertiary/aromatic N) is 1. The molecule has 24 heavy (non-hydrogen) atoms. The number of benzene rings is 2. The minimum absolute atomic E-state index is 0.428. The number of rotatable bonds is 5. The molecule has 0 bridgehead atoms. The van der Waals surface area contributed by atoms with Crippen LogP contribution in [0.4, 0.5) is 5.69 Å². The van der Waals surface area contributed by atoms with E-state index in [1.165, 1.54) is 0 Å². The fraction of sp³-hybridized carbons (Fsp3) is 0.211. The molecule has 0 amide bonds. The second-order valence-electron chi connectivity index (χ2n) is 5.21. The number of halogens is 1. The highest BCUT2D eigenvalue weighted by Crippen LogP contribution is 2.21. The Morgan fingerprint density at radius 3 is 2.58 bits per heavy atom. The molecule has 0 spiro atoms. The Morgan fingerprint density at radius 2 is 1.88 bits per heavy atom. The van der Waals surface area contributed by atoms with E-state index in [0.717, 1.165) is 28.0 Å². The lowest BCUT2D eigenvalue weighted by Gasteiger charge is -2.06. The van der Waals surface area contributed by atoms with Crippen LogP contribution >= 0.6 is 11.6 Å². The third-order valence-electron chi connectivity index (χ3n) is 3.55. The Bertz CT molecular complexity index is 901. The number of ether oxygens (including phenoxy) is 2. The molecule has 0 aliphatic carbocycles. The van der Waals surface area contributed by atoms with Crippen LogP contribution in [0, 0.1) is 0 Å². The molecule has 1 heterocycles. The van der Waals surface area contributed by atoms with Crippen molar-refractivity contribution in [3.8, 4) is 5.75 Å². The number of hydrogen-bond donors (Lipinski definition) is 0. The first-order valence-electron chi connectivity index (χ1n) is 7.68. The highest BCUT2D eigenvalue weighted by molar-refractivity contribution is 6.31. The summed E-state index contributed by atoms with van der Waals surface area (Å²) in [7, 11) is 1.64. The largest absolute Gasteiger partial charge is 0.497 e. The quantitative estimate of drug-likeness (QED) is 0.664. The van der Waals surface area contributed by atoms with Crippen LogP contribution in [0.2, 0.25) is 5.02 Å². The number of methoxy groups -OCH3 is 1. The Hall–Kier alpha value is -2.30. The molecular weight excluding hydrogens is 326 g/mol. The molecule has 3 aromatic rings. The van der Waals surface area contributed by atoms with E-state index in [4.69, 9.17) is 25.5 Å². The van der Waals surface area contributed by atoms with Gasteiger partial charge in [-0.1, -0.05) is 11.6 Å². The monoisotopic (exact) mass is 343 g/mol. The molecule has 4 nitrogen and oxygen atoms in total. The summed E-state index contributed by atoms with van der Waals surface area (Å²) in [6, 6.07) is 15.0. The maximum absolute atomic E-state index is 6.07. The topological polar surface area (TPSA) is 44.0 Å². The van der Waals surface area contributed by atoms with Crippen LogP contribution in [-0.2, 0) is 11.3 Å². The van der Waals surface area contributed by atoms with Crippen molar-refractivity contribution in [1.82, 2.24) is 0 Å². The molecule has 0 aliphatic heterocycles. The van der Waals surface area contributed by atoms with Gasteiger partial charge >= 0.3 is 0 Å². The Labute approximate surface area is 145 Å². The second-order valence-corrected chi connectivity index (χ2v) is 5.64. The van der Waals surface area contributed by atoms with Crippen LogP contribution in [0.15, 0.2) is 57.9 Å². The molecule has 0 saturated heterocycles. The molecule has 3 rings (SSSR count). The molecule has 0 saturated carbocycles. The SMILES string of the molecule is CCOCc1cc2cc(Cl)ccc2oc1=Nc1ccc(OC)cc1. The van der Waals surface area contributed by atoms with E-state index in [-0.39, 0.29) is 0 Å². The van der Waals surface area contributed by atoms with Gasteiger partial charge in [0.1, 0.15) is 11.3 Å². The normalized spacial score (nSPS) is 11.9. The Balaban J connectivity index is 2.11. The summed E-state index contributed by atoms with van der Waals surface area (Å²) in [6.07, 6.45) is 0. The van der Waals surface area contributed by atoms with Crippen molar-refractivity contribution in [2.75, 3.05) is 13.7 Å². The summed E-state index contributed by atoms with van der Waals surface area (Å²) in [6.45, 7) is 3.00. The molecule has 124 valence electrons. The van der Waals surface area contributed by atoms with Crippen LogP contribution in [0.25, 0.3) is 11.0 Å². The number of fused-ring (bicyclic) bond motifs is 1. The maximum atomic E-state index is 6.07. The highest BCUT2D eigenvalue weighted by Gasteiger charge is 2.05. The fourth-order valence-corrected chi connectivity index (χ4v) is 2.51. The van der Waals surface area contributed by atoms with Crippen molar-refractivity contribution < 1.29 is 13.9 Å². The minimum Gasteiger partial charge on any atom is -0.497 e. The predicted molar refractivity (Wildman–Crippen MR) is 94.8 cm³/mol. The van der Waals surface area contributed by atoms with Gasteiger partial charge in [-0.25, -0.2) is 4.99 Å². The lowest BCUT2D eigenvalue weighted by molar-refractivity contribution is 0.131. The molecule has 2 aromatic carbocycles. The van der Waals surface area contributed by atoms with E-state index in [0.29, 0.717) is 23.8 Å². The van der Waals surface area contributed by atoms with Gasteiger partial charge in [-0.15, -0.1) is 0 Å².